The highest BCUT2D eigenvalue weighted by molar-refractivity contribution is 5.95. The van der Waals surface area contributed by atoms with Crippen molar-refractivity contribution in [2.75, 3.05) is 16.1 Å². The average molecular weight is 492 g/mol. The van der Waals surface area contributed by atoms with Crippen molar-refractivity contribution in [2.45, 2.75) is 0 Å². The van der Waals surface area contributed by atoms with Crippen LogP contribution < -0.4 is 16.1 Å². The van der Waals surface area contributed by atoms with E-state index in [-0.39, 0.29) is 11.5 Å². The van der Waals surface area contributed by atoms with Crippen molar-refractivity contribution in [1.82, 2.24) is 15.0 Å². The van der Waals surface area contributed by atoms with Crippen LogP contribution in [0, 0.1) is 0 Å². The highest BCUT2D eigenvalue weighted by atomic mass is 16.4. The summed E-state index contributed by atoms with van der Waals surface area (Å²) < 4.78 is 5.77. The van der Waals surface area contributed by atoms with E-state index in [1.54, 1.807) is 30.3 Å². The Kier molecular flexibility index (Phi) is 6.80. The van der Waals surface area contributed by atoms with Gasteiger partial charge in [-0.2, -0.15) is 20.1 Å². The van der Waals surface area contributed by atoms with Crippen molar-refractivity contribution in [2.24, 2.45) is 5.10 Å². The maximum atomic E-state index is 11.5. The number of hydrogen-bond donors (Lipinski definition) is 4. The summed E-state index contributed by atoms with van der Waals surface area (Å²) in [5.74, 6) is 0.653. The molecule has 0 aliphatic heterocycles. The molecule has 0 unspecified atom stereocenters. The van der Waals surface area contributed by atoms with E-state index in [1.165, 1.54) is 12.3 Å². The Hall–Kier alpha value is -5.51. The summed E-state index contributed by atoms with van der Waals surface area (Å²) in [6.45, 7) is 0. The van der Waals surface area contributed by atoms with E-state index < -0.39 is 5.97 Å². The predicted molar refractivity (Wildman–Crippen MR) is 142 cm³/mol. The summed E-state index contributed by atoms with van der Waals surface area (Å²) in [5.41, 5.74) is 5.07. The Morgan fingerprint density at radius 1 is 0.730 bits per heavy atom. The number of hydrogen-bond acceptors (Lipinski definition) is 9. The minimum absolute atomic E-state index is 0.153. The number of nitrogens with zero attached hydrogens (tertiary/aromatic N) is 4. The van der Waals surface area contributed by atoms with E-state index in [1.807, 2.05) is 60.7 Å². The minimum Gasteiger partial charge on any atom is -0.478 e. The monoisotopic (exact) mass is 491 g/mol. The molecule has 5 rings (SSSR count). The average Bonchev–Trinajstić information content (AvgIpc) is 3.38. The number of carbonyl (C=O) groups is 1. The van der Waals surface area contributed by atoms with Gasteiger partial charge in [-0.1, -0.05) is 54.6 Å². The second-order valence-electron chi connectivity index (χ2n) is 7.71. The normalized spacial score (nSPS) is 10.8. The third-order valence-corrected chi connectivity index (χ3v) is 5.10. The molecule has 0 atom stereocenters. The fraction of sp³-hybridized carbons (Fsp3) is 0. The van der Waals surface area contributed by atoms with Crippen LogP contribution in [0.4, 0.5) is 29.2 Å². The number of hydrazone groups is 1. The van der Waals surface area contributed by atoms with Gasteiger partial charge >= 0.3 is 5.97 Å². The van der Waals surface area contributed by atoms with Crippen molar-refractivity contribution >= 4 is 41.4 Å². The smallest absolute Gasteiger partial charge is 0.336 e. The molecule has 0 spiro atoms. The Labute approximate surface area is 211 Å². The fourth-order valence-corrected chi connectivity index (χ4v) is 3.44. The van der Waals surface area contributed by atoms with Crippen LogP contribution in [-0.2, 0) is 0 Å². The molecule has 0 aliphatic carbocycles. The number of rotatable bonds is 9. The molecule has 4 N–H and O–H groups in total. The molecular formula is C27H21N7O3. The number of para-hydroxylation sites is 2. The topological polar surface area (TPSA) is 138 Å². The summed E-state index contributed by atoms with van der Waals surface area (Å²) in [4.78, 5) is 24.7. The molecule has 0 radical (unpaired) electrons. The maximum absolute atomic E-state index is 11.5. The van der Waals surface area contributed by atoms with Gasteiger partial charge in [-0.25, -0.2) is 10.2 Å². The molecule has 3 aromatic carbocycles. The Morgan fingerprint density at radius 2 is 1.30 bits per heavy atom. The van der Waals surface area contributed by atoms with Gasteiger partial charge < -0.3 is 20.2 Å². The highest BCUT2D eigenvalue weighted by Crippen LogP contribution is 2.25. The van der Waals surface area contributed by atoms with Crippen LogP contribution in [0.5, 0.6) is 0 Å². The van der Waals surface area contributed by atoms with E-state index in [9.17, 15) is 9.90 Å². The second kappa shape index (κ2) is 10.8. The van der Waals surface area contributed by atoms with Crippen molar-refractivity contribution in [3.63, 3.8) is 0 Å². The third-order valence-electron chi connectivity index (χ3n) is 5.10. The van der Waals surface area contributed by atoms with Gasteiger partial charge in [0, 0.05) is 16.9 Å². The molecule has 2 heterocycles. The van der Waals surface area contributed by atoms with E-state index in [2.05, 4.69) is 36.1 Å². The number of furan rings is 1. The third kappa shape index (κ3) is 5.95. The predicted octanol–water partition coefficient (Wildman–Crippen LogP) is 5.76. The van der Waals surface area contributed by atoms with Crippen LogP contribution in [0.2, 0.25) is 0 Å². The van der Waals surface area contributed by atoms with E-state index >= 15 is 0 Å². The number of carboxylic acids is 1. The lowest BCUT2D eigenvalue weighted by atomic mass is 10.1. The van der Waals surface area contributed by atoms with Gasteiger partial charge in [-0.15, -0.1) is 0 Å². The number of nitrogens with one attached hydrogen (secondary N) is 3. The summed E-state index contributed by atoms with van der Waals surface area (Å²) in [7, 11) is 0. The summed E-state index contributed by atoms with van der Waals surface area (Å²) >= 11 is 0. The number of anilines is 5. The molecule has 0 bridgehead atoms. The van der Waals surface area contributed by atoms with Gasteiger partial charge in [0.2, 0.25) is 17.8 Å². The lowest BCUT2D eigenvalue weighted by Crippen LogP contribution is -2.07. The first kappa shape index (κ1) is 23.2. The summed E-state index contributed by atoms with van der Waals surface area (Å²) in [6.07, 6.45) is 1.45. The molecule has 182 valence electrons. The number of carboxylic acid groups (broad SMARTS) is 1. The standard InChI is InChI=1S/C27H21N7O3/c35-24(36)22-14-8-7-13-21(22)23-16-15-20(37-23)17-28-34-27-32-25(29-18-9-3-1-4-10-18)31-26(33-27)30-19-11-5-2-6-12-19/h1-17H,(H,35,36)(H3,29,30,31,32,33,34). The summed E-state index contributed by atoms with van der Waals surface area (Å²) in [5, 5.41) is 19.9. The SMILES string of the molecule is O=C(O)c1ccccc1-c1ccc(C=NNc2nc(Nc3ccccc3)nc(Nc3ccccc3)n2)o1. The zero-order chi connectivity index (χ0) is 25.5. The summed E-state index contributed by atoms with van der Waals surface area (Å²) in [6, 6.07) is 29.1. The van der Waals surface area contributed by atoms with Gasteiger partial charge in [0.1, 0.15) is 11.5 Å². The molecule has 0 amide bonds. The molecule has 37 heavy (non-hydrogen) atoms. The molecule has 0 aliphatic rings. The van der Waals surface area contributed by atoms with Gasteiger partial charge in [0.05, 0.1) is 11.8 Å². The first-order chi connectivity index (χ1) is 18.1. The van der Waals surface area contributed by atoms with Crippen LogP contribution in [0.3, 0.4) is 0 Å². The number of aromatic nitrogens is 3. The first-order valence-electron chi connectivity index (χ1n) is 11.3. The molecule has 0 fully saturated rings. The zero-order valence-electron chi connectivity index (χ0n) is 19.4. The van der Waals surface area contributed by atoms with Gasteiger partial charge in [-0.3, -0.25) is 0 Å². The molecule has 10 heteroatoms. The first-order valence-corrected chi connectivity index (χ1v) is 11.3. The second-order valence-corrected chi connectivity index (χ2v) is 7.71. The van der Waals surface area contributed by atoms with Gasteiger partial charge in [0.15, 0.2) is 0 Å². The quantitative estimate of drug-likeness (QED) is 0.150. The fourth-order valence-electron chi connectivity index (χ4n) is 3.44. The maximum Gasteiger partial charge on any atom is 0.336 e. The van der Waals surface area contributed by atoms with E-state index in [0.29, 0.717) is 29.0 Å². The lowest BCUT2D eigenvalue weighted by molar-refractivity contribution is 0.0697. The van der Waals surface area contributed by atoms with Crippen molar-refractivity contribution in [1.29, 1.82) is 0 Å². The number of benzene rings is 3. The Balaban J connectivity index is 1.35. The largest absolute Gasteiger partial charge is 0.478 e. The van der Waals surface area contributed by atoms with Crippen LogP contribution in [-0.4, -0.2) is 32.2 Å². The molecular weight excluding hydrogens is 470 g/mol. The lowest BCUT2D eigenvalue weighted by Gasteiger charge is -2.10. The van der Waals surface area contributed by atoms with Crippen LogP contribution in [0.15, 0.2) is 107 Å². The zero-order valence-corrected chi connectivity index (χ0v) is 19.4. The Bertz CT molecular complexity index is 1480. The number of aromatic carboxylic acids is 1. The molecule has 0 saturated carbocycles. The van der Waals surface area contributed by atoms with Gasteiger partial charge in [-0.05, 0) is 42.5 Å². The molecule has 10 nitrogen and oxygen atoms in total. The van der Waals surface area contributed by atoms with Gasteiger partial charge in [0.25, 0.3) is 0 Å². The molecule has 2 aromatic heterocycles. The van der Waals surface area contributed by atoms with E-state index in [4.69, 9.17) is 4.42 Å². The highest BCUT2D eigenvalue weighted by Gasteiger charge is 2.13. The van der Waals surface area contributed by atoms with E-state index in [0.717, 1.165) is 11.4 Å². The van der Waals surface area contributed by atoms with Crippen LogP contribution in [0.25, 0.3) is 11.3 Å². The minimum atomic E-state index is -1.03. The van der Waals surface area contributed by atoms with Crippen LogP contribution in [0.1, 0.15) is 16.1 Å². The van der Waals surface area contributed by atoms with Crippen molar-refractivity contribution < 1.29 is 14.3 Å². The van der Waals surface area contributed by atoms with Crippen LogP contribution >= 0.6 is 0 Å². The molecule has 5 aromatic rings. The Morgan fingerprint density at radius 3 is 1.92 bits per heavy atom. The van der Waals surface area contributed by atoms with Crippen molar-refractivity contribution in [3.05, 3.63) is 108 Å². The molecule has 0 saturated heterocycles. The van der Waals surface area contributed by atoms with Crippen molar-refractivity contribution in [3.8, 4) is 11.3 Å².